The number of likely N-dealkylation sites (tertiary alicyclic amines) is 4. The van der Waals surface area contributed by atoms with Crippen molar-refractivity contribution in [2.75, 3.05) is 47.3 Å². The lowest BCUT2D eigenvalue weighted by Crippen LogP contribution is -2.59. The molecule has 19 nitrogen and oxygen atoms in total. The van der Waals surface area contributed by atoms with Crippen molar-refractivity contribution in [2.24, 2.45) is 16.6 Å². The minimum absolute atomic E-state index is 0.0482. The van der Waals surface area contributed by atoms with E-state index < -0.39 is 47.7 Å². The lowest BCUT2D eigenvalue weighted by molar-refractivity contribution is -0.141. The van der Waals surface area contributed by atoms with E-state index in [-0.39, 0.29) is 77.9 Å². The number of aromatic nitrogens is 2. The van der Waals surface area contributed by atoms with Gasteiger partial charge in [0.25, 0.3) is 0 Å². The summed E-state index contributed by atoms with van der Waals surface area (Å²) < 4.78 is 38.4. The predicted octanol–water partition coefficient (Wildman–Crippen LogP) is 11.2. The van der Waals surface area contributed by atoms with E-state index in [0.717, 1.165) is 75.9 Å². The van der Waals surface area contributed by atoms with Gasteiger partial charge in [-0.25, -0.2) is 23.3 Å². The number of H-pyrrole nitrogens is 2. The van der Waals surface area contributed by atoms with Gasteiger partial charge in [-0.15, -0.1) is 0 Å². The summed E-state index contributed by atoms with van der Waals surface area (Å²) in [7, 11) is 4.60. The molecule has 6 aromatic rings. The monoisotopic (exact) mass is 1320 g/mol. The van der Waals surface area contributed by atoms with Gasteiger partial charge < -0.3 is 45.6 Å². The Balaban J connectivity index is 0.000000175. The molecule has 10 atom stereocenters. The van der Waals surface area contributed by atoms with Crippen LogP contribution in [-0.2, 0) is 41.9 Å². The first kappa shape index (κ1) is 71.1. The van der Waals surface area contributed by atoms with Gasteiger partial charge in [0.15, 0.2) is 0 Å². The van der Waals surface area contributed by atoms with E-state index in [1.165, 1.54) is 94.1 Å². The molecule has 6 fully saturated rings. The number of hydrogen-bond acceptors (Lipinski definition) is 12. The highest BCUT2D eigenvalue weighted by atomic mass is 19.1. The molecular formula is C75H101F2N11O8. The van der Waals surface area contributed by atoms with Gasteiger partial charge in [-0.05, 0) is 129 Å². The summed E-state index contributed by atoms with van der Waals surface area (Å²) in [4.78, 5) is 96.2. The molecule has 4 saturated heterocycles. The van der Waals surface area contributed by atoms with E-state index in [9.17, 15) is 37.5 Å². The summed E-state index contributed by atoms with van der Waals surface area (Å²) in [6.07, 6.45) is 14.5. The maximum atomic E-state index is 14.6. The predicted molar refractivity (Wildman–Crippen MR) is 368 cm³/mol. The molecule has 1 unspecified atom stereocenters. The second-order valence-corrected chi connectivity index (χ2v) is 29.5. The summed E-state index contributed by atoms with van der Waals surface area (Å²) in [5.41, 5.74) is 11.2. The second-order valence-electron chi connectivity index (χ2n) is 29.5. The number of benzene rings is 4. The molecule has 2 aromatic heterocycles. The van der Waals surface area contributed by atoms with Gasteiger partial charge in [-0.3, -0.25) is 33.9 Å². The van der Waals surface area contributed by atoms with Crippen LogP contribution in [0.25, 0.3) is 21.8 Å². The SMILES string of the molecule is CC(C)(C)[C@H](N)C(=O)N1CC[C@@H]2[C@H]1[C@H](c1c[nH]c3cc(F)ccc13)CN2C1CCCC1.CNC(C)C(=O)N(C)C(=O)OCc1ccccc1.C[C@@H](C(=O)N[C@H](C(=O)N1CC[C@@H]2[C@H]1[C@H](c1c[nH]c3cc(F)ccc13)CN2C1CCCC1)C(C)(C)C)N(C)C(=O)OCc1ccccc1. The molecule has 6 N–H and O–H groups in total. The zero-order chi connectivity index (χ0) is 68.9. The van der Waals surface area contributed by atoms with Crippen LogP contribution in [-0.4, -0.2) is 183 Å². The summed E-state index contributed by atoms with van der Waals surface area (Å²) in [6, 6.07) is 27.7. The van der Waals surface area contributed by atoms with Crippen LogP contribution in [0.2, 0.25) is 0 Å². The van der Waals surface area contributed by atoms with Crippen molar-refractivity contribution < 1.29 is 47.0 Å². The normalized spacial score (nSPS) is 22.7. The molecule has 0 radical (unpaired) electrons. The largest absolute Gasteiger partial charge is 0.445 e. The minimum atomic E-state index is -0.856. The molecule has 0 spiro atoms. The molecule has 518 valence electrons. The van der Waals surface area contributed by atoms with Gasteiger partial charge >= 0.3 is 12.2 Å². The number of rotatable bonds is 15. The van der Waals surface area contributed by atoms with Crippen molar-refractivity contribution in [2.45, 2.75) is 205 Å². The molecular weight excluding hydrogens is 1220 g/mol. The minimum Gasteiger partial charge on any atom is -0.445 e. The Morgan fingerprint density at radius 1 is 0.615 bits per heavy atom. The van der Waals surface area contributed by atoms with Crippen molar-refractivity contribution in [3.63, 3.8) is 0 Å². The van der Waals surface area contributed by atoms with Crippen LogP contribution in [0.1, 0.15) is 154 Å². The fraction of sp³-hybridized carbons (Fsp3) is 0.547. The van der Waals surface area contributed by atoms with Gasteiger partial charge in [0.1, 0.15) is 36.9 Å². The number of imide groups is 1. The van der Waals surface area contributed by atoms with Crippen LogP contribution in [0.5, 0.6) is 0 Å². The lowest BCUT2D eigenvalue weighted by Gasteiger charge is -2.38. The number of carbonyl (C=O) groups is 6. The summed E-state index contributed by atoms with van der Waals surface area (Å²) in [5, 5.41) is 7.86. The van der Waals surface area contributed by atoms with Gasteiger partial charge in [-0.1, -0.05) is 128 Å². The van der Waals surface area contributed by atoms with Crippen molar-refractivity contribution in [1.82, 2.24) is 50.0 Å². The highest BCUT2D eigenvalue weighted by Gasteiger charge is 2.56. The number of halogens is 2. The Bertz CT molecular complexity index is 3670. The van der Waals surface area contributed by atoms with Crippen LogP contribution in [0.4, 0.5) is 18.4 Å². The summed E-state index contributed by atoms with van der Waals surface area (Å²) >= 11 is 0. The number of fused-ring (bicyclic) bond motifs is 4. The van der Waals surface area contributed by atoms with Crippen molar-refractivity contribution in [3.8, 4) is 0 Å². The number of hydrogen-bond donors (Lipinski definition) is 5. The number of likely N-dealkylation sites (N-methyl/N-ethyl adjacent to an activating group) is 3. The molecule has 21 heteroatoms. The Hall–Kier alpha value is -7.72. The molecule has 2 saturated carbocycles. The van der Waals surface area contributed by atoms with Crippen LogP contribution >= 0.6 is 0 Å². The van der Waals surface area contributed by atoms with Gasteiger partial charge in [0.2, 0.25) is 23.6 Å². The first-order valence-electron chi connectivity index (χ1n) is 34.6. The van der Waals surface area contributed by atoms with Gasteiger partial charge in [0, 0.05) is 110 Å². The number of amides is 6. The molecule has 4 aliphatic heterocycles. The van der Waals surface area contributed by atoms with Crippen LogP contribution in [0.15, 0.2) is 109 Å². The number of nitrogens with zero attached hydrogens (tertiary/aromatic N) is 6. The number of ether oxygens (including phenoxy) is 2. The number of carbonyl (C=O) groups excluding carboxylic acids is 6. The smallest absolute Gasteiger partial charge is 0.416 e. The Morgan fingerprint density at radius 3 is 1.48 bits per heavy atom. The number of nitrogens with one attached hydrogen (secondary N) is 4. The third-order valence-electron chi connectivity index (χ3n) is 21.3. The first-order valence-corrected chi connectivity index (χ1v) is 34.6. The molecule has 4 aromatic carbocycles. The van der Waals surface area contributed by atoms with Crippen molar-refractivity contribution >= 4 is 57.6 Å². The van der Waals surface area contributed by atoms with Crippen LogP contribution in [0.3, 0.4) is 0 Å². The van der Waals surface area contributed by atoms with Gasteiger partial charge in [-0.2, -0.15) is 0 Å². The maximum Gasteiger partial charge on any atom is 0.416 e. The molecule has 96 heavy (non-hydrogen) atoms. The number of aromatic amines is 2. The highest BCUT2D eigenvalue weighted by Crippen LogP contribution is 2.48. The third-order valence-corrected chi connectivity index (χ3v) is 21.3. The van der Waals surface area contributed by atoms with Crippen molar-refractivity contribution in [1.29, 1.82) is 0 Å². The maximum absolute atomic E-state index is 14.6. The van der Waals surface area contributed by atoms with Crippen LogP contribution in [0, 0.1) is 22.5 Å². The van der Waals surface area contributed by atoms with E-state index in [1.807, 2.05) is 132 Å². The molecule has 6 amide bonds. The first-order chi connectivity index (χ1) is 45.7. The van der Waals surface area contributed by atoms with E-state index in [2.05, 4.69) is 35.3 Å². The van der Waals surface area contributed by atoms with E-state index >= 15 is 0 Å². The quantitative estimate of drug-likeness (QED) is 0.0648. The van der Waals surface area contributed by atoms with E-state index in [0.29, 0.717) is 24.7 Å². The third kappa shape index (κ3) is 15.6. The fourth-order valence-electron chi connectivity index (χ4n) is 15.6. The molecule has 0 bridgehead atoms. The summed E-state index contributed by atoms with van der Waals surface area (Å²) in [5.74, 6) is -1.03. The Kier molecular flexibility index (Phi) is 22.5. The zero-order valence-electron chi connectivity index (χ0n) is 57.9. The second kappa shape index (κ2) is 30.4. The molecule has 12 rings (SSSR count). The molecule has 2 aliphatic carbocycles. The van der Waals surface area contributed by atoms with E-state index in [1.54, 1.807) is 27.0 Å². The topological polar surface area (TPSA) is 222 Å². The van der Waals surface area contributed by atoms with E-state index in [4.69, 9.17) is 15.2 Å². The zero-order valence-corrected chi connectivity index (χ0v) is 57.9. The molecule has 6 aliphatic rings. The van der Waals surface area contributed by atoms with Crippen molar-refractivity contribution in [3.05, 3.63) is 143 Å². The number of nitrogens with two attached hydrogens (primary N) is 1. The average Bonchev–Trinajstić information content (AvgIpc) is 1.59. The Morgan fingerprint density at radius 2 is 1.05 bits per heavy atom. The molecule has 6 heterocycles. The average molecular weight is 1320 g/mol. The summed E-state index contributed by atoms with van der Waals surface area (Å²) in [6.45, 7) is 18.7. The standard InChI is InChI=1S/C37H48FN5O4.C25H35FN4O.C13H18N2O3/c1-23(41(5)36(46)47-22-24-11-7-6-8-12-24)34(44)40-33(37(2,3)4)35(45)42-18-17-31-32(42)29(21-43(31)26-13-9-10-14-26)28-20-39-30-19-25(38)15-16-27(28)30;1-25(2,3)23(27)24(31)29-11-10-21-22(29)19(14-30(21)16-6-4-5-7-16)18-13-28-20-12-15(26)8-9-17(18)20;1-10(14-2)12(16)15(3)13(17)18-9-11-7-5-4-6-8-11/h6-8,11-12,15-16,19-20,23,26,29,31-33,39H,9-10,13-14,17-18,21-22H2,1-5H3,(H,40,44);8-9,12-13,16,19,21-23,28H,4-7,10-11,14,27H2,1-3H3;4-8,10,14H,9H2,1-3H3/t23-,29-,31+,32+,33+;19-,21+,22+,23+;/m00./s1. The highest BCUT2D eigenvalue weighted by molar-refractivity contribution is 5.95. The van der Waals surface area contributed by atoms with Crippen LogP contribution < -0.4 is 16.4 Å². The Labute approximate surface area is 564 Å². The fourth-order valence-corrected chi connectivity index (χ4v) is 15.6. The lowest BCUT2D eigenvalue weighted by atomic mass is 9.84. The van der Waals surface area contributed by atoms with Gasteiger partial charge in [0.05, 0.1) is 24.2 Å².